The zero-order valence-corrected chi connectivity index (χ0v) is 21.2. The molecule has 0 saturated carbocycles. The monoisotopic (exact) mass is 487 g/mol. The summed E-state index contributed by atoms with van der Waals surface area (Å²) < 4.78 is 7.57. The molecule has 1 saturated heterocycles. The number of hydrogen-bond acceptors (Lipinski definition) is 4. The highest BCUT2D eigenvalue weighted by Gasteiger charge is 2.37. The highest BCUT2D eigenvalue weighted by atomic mass is 16.6. The van der Waals surface area contributed by atoms with Gasteiger partial charge in [0.05, 0.1) is 17.1 Å². The van der Waals surface area contributed by atoms with E-state index in [0.29, 0.717) is 13.0 Å². The molecule has 0 radical (unpaired) electrons. The predicted octanol–water partition coefficient (Wildman–Crippen LogP) is 4.85. The highest BCUT2D eigenvalue weighted by molar-refractivity contribution is 5.89. The molecule has 5 rings (SSSR count). The maximum absolute atomic E-state index is 14.0. The Morgan fingerprint density at radius 3 is 2.69 bits per heavy atom. The summed E-state index contributed by atoms with van der Waals surface area (Å²) in [7, 11) is 1.99. The molecule has 4 aromatic rings. The zero-order chi connectivity index (χ0) is 25.4. The largest absolute Gasteiger partial charge is 0.444 e. The Labute approximate surface area is 210 Å². The molecule has 0 unspecified atom stereocenters. The van der Waals surface area contributed by atoms with Gasteiger partial charge in [0.2, 0.25) is 5.91 Å². The summed E-state index contributed by atoms with van der Waals surface area (Å²) in [5.74, 6) is 0.653. The summed E-state index contributed by atoms with van der Waals surface area (Å²) in [6.07, 6.45) is 3.49. The van der Waals surface area contributed by atoms with Gasteiger partial charge in [0.1, 0.15) is 17.5 Å². The molecule has 36 heavy (non-hydrogen) atoms. The molecule has 8 heteroatoms. The average Bonchev–Trinajstić information content (AvgIpc) is 3.54. The summed E-state index contributed by atoms with van der Waals surface area (Å²) in [5, 5.41) is 3.95. The first kappa shape index (κ1) is 23.9. The number of benzene rings is 2. The lowest BCUT2D eigenvalue weighted by molar-refractivity contribution is -0.134. The van der Waals surface area contributed by atoms with E-state index in [2.05, 4.69) is 16.4 Å². The number of carbonyl (C=O) groups is 2. The fourth-order valence-electron chi connectivity index (χ4n) is 5.10. The SMILES string of the molecule is Cn1cc(C[C@H](NC(=O)OC(C)(C)C)C(=O)N2CCC[C@@H]2c2nc3ccccc3[nH]2)c2ccccc21. The normalized spacial score (nSPS) is 17.0. The summed E-state index contributed by atoms with van der Waals surface area (Å²) in [5.41, 5.74) is 3.25. The molecule has 2 amide bonds. The van der Waals surface area contributed by atoms with Crippen molar-refractivity contribution in [3.8, 4) is 0 Å². The van der Waals surface area contributed by atoms with Crippen molar-refractivity contribution < 1.29 is 14.3 Å². The summed E-state index contributed by atoms with van der Waals surface area (Å²) in [6, 6.07) is 15.0. The Hall–Kier alpha value is -3.81. The molecule has 188 valence electrons. The lowest BCUT2D eigenvalue weighted by Gasteiger charge is -2.29. The van der Waals surface area contributed by atoms with Crippen LogP contribution in [0.2, 0.25) is 0 Å². The number of amides is 2. The smallest absolute Gasteiger partial charge is 0.408 e. The molecule has 0 spiro atoms. The lowest BCUT2D eigenvalue weighted by Crippen LogP contribution is -2.50. The van der Waals surface area contributed by atoms with Gasteiger partial charge in [-0.2, -0.15) is 0 Å². The minimum atomic E-state index is -0.768. The van der Waals surface area contributed by atoms with Crippen LogP contribution in [-0.4, -0.2) is 49.6 Å². The fourth-order valence-corrected chi connectivity index (χ4v) is 5.10. The van der Waals surface area contributed by atoms with Gasteiger partial charge in [-0.3, -0.25) is 4.79 Å². The number of fused-ring (bicyclic) bond motifs is 2. The van der Waals surface area contributed by atoms with E-state index in [4.69, 9.17) is 9.72 Å². The highest BCUT2D eigenvalue weighted by Crippen LogP contribution is 2.32. The minimum Gasteiger partial charge on any atom is -0.444 e. The van der Waals surface area contributed by atoms with E-state index in [1.807, 2.05) is 85.9 Å². The fraction of sp³-hybridized carbons (Fsp3) is 0.393. The maximum atomic E-state index is 14.0. The van der Waals surface area contributed by atoms with E-state index in [1.165, 1.54) is 0 Å². The standard InChI is InChI=1S/C28H33N5O3/c1-28(2,3)36-27(35)31-22(16-18-17-32(4)23-13-8-5-10-19(18)23)26(34)33-15-9-14-24(33)25-29-20-11-6-7-12-21(20)30-25/h5-8,10-13,17,22,24H,9,14-16H2,1-4H3,(H,29,30)(H,31,35)/t22-,24+/m0/s1. The molecule has 2 aromatic heterocycles. The minimum absolute atomic E-state index is 0.128. The Kier molecular flexibility index (Phi) is 6.20. The van der Waals surface area contributed by atoms with E-state index in [-0.39, 0.29) is 11.9 Å². The number of carbonyl (C=O) groups excluding carboxylic acids is 2. The predicted molar refractivity (Wildman–Crippen MR) is 140 cm³/mol. The second-order valence-electron chi connectivity index (χ2n) is 10.5. The van der Waals surface area contributed by atoms with Crippen LogP contribution in [0.3, 0.4) is 0 Å². The van der Waals surface area contributed by atoms with Gasteiger partial charge in [-0.05, 0) is 57.4 Å². The summed E-state index contributed by atoms with van der Waals surface area (Å²) in [4.78, 5) is 36.8. The van der Waals surface area contributed by atoms with Crippen LogP contribution in [0, 0.1) is 0 Å². The first-order chi connectivity index (χ1) is 17.2. The molecular weight excluding hydrogens is 454 g/mol. The van der Waals surface area contributed by atoms with Crippen LogP contribution in [0.15, 0.2) is 54.7 Å². The number of rotatable bonds is 5. The summed E-state index contributed by atoms with van der Waals surface area (Å²) >= 11 is 0. The number of aromatic nitrogens is 3. The van der Waals surface area contributed by atoms with Crippen molar-refractivity contribution in [3.05, 3.63) is 66.1 Å². The van der Waals surface area contributed by atoms with Crippen molar-refractivity contribution >= 4 is 33.9 Å². The Bertz CT molecular complexity index is 1380. The van der Waals surface area contributed by atoms with Crippen LogP contribution in [0.4, 0.5) is 4.79 Å². The number of aryl methyl sites for hydroxylation is 1. The second-order valence-corrected chi connectivity index (χ2v) is 10.5. The maximum Gasteiger partial charge on any atom is 0.408 e. The molecule has 8 nitrogen and oxygen atoms in total. The Balaban J connectivity index is 1.45. The van der Waals surface area contributed by atoms with E-state index in [1.54, 1.807) is 0 Å². The number of H-pyrrole nitrogens is 1. The quantitative estimate of drug-likeness (QED) is 0.421. The van der Waals surface area contributed by atoms with Crippen LogP contribution in [0.5, 0.6) is 0 Å². The summed E-state index contributed by atoms with van der Waals surface area (Å²) in [6.45, 7) is 6.05. The molecule has 1 aliphatic heterocycles. The average molecular weight is 488 g/mol. The number of nitrogens with one attached hydrogen (secondary N) is 2. The number of alkyl carbamates (subject to hydrolysis) is 1. The van der Waals surface area contributed by atoms with Crippen molar-refractivity contribution in [3.63, 3.8) is 0 Å². The number of likely N-dealkylation sites (tertiary alicyclic amines) is 1. The van der Waals surface area contributed by atoms with Crippen LogP contribution in [-0.2, 0) is 23.0 Å². The third kappa shape index (κ3) is 4.80. The van der Waals surface area contributed by atoms with Gasteiger partial charge in [-0.1, -0.05) is 30.3 Å². The van der Waals surface area contributed by atoms with E-state index in [0.717, 1.165) is 46.2 Å². The van der Waals surface area contributed by atoms with Gasteiger partial charge < -0.3 is 24.5 Å². The third-order valence-corrected chi connectivity index (χ3v) is 6.65. The number of imidazole rings is 1. The molecule has 0 bridgehead atoms. The first-order valence-corrected chi connectivity index (χ1v) is 12.5. The molecule has 2 atom stereocenters. The lowest BCUT2D eigenvalue weighted by atomic mass is 10.0. The van der Waals surface area contributed by atoms with Crippen molar-refractivity contribution in [2.24, 2.45) is 7.05 Å². The van der Waals surface area contributed by atoms with Crippen molar-refractivity contribution in [1.82, 2.24) is 24.8 Å². The van der Waals surface area contributed by atoms with Gasteiger partial charge in [0.15, 0.2) is 0 Å². The number of hydrogen-bond donors (Lipinski definition) is 2. The zero-order valence-electron chi connectivity index (χ0n) is 21.2. The van der Waals surface area contributed by atoms with Gasteiger partial charge in [-0.15, -0.1) is 0 Å². The Morgan fingerprint density at radius 1 is 1.17 bits per heavy atom. The number of nitrogens with zero attached hydrogens (tertiary/aromatic N) is 3. The Morgan fingerprint density at radius 2 is 1.92 bits per heavy atom. The molecule has 0 aliphatic carbocycles. The van der Waals surface area contributed by atoms with Crippen LogP contribution >= 0.6 is 0 Å². The number of aromatic amines is 1. The van der Waals surface area contributed by atoms with Gasteiger partial charge in [0, 0.05) is 37.1 Å². The van der Waals surface area contributed by atoms with Gasteiger partial charge in [0.25, 0.3) is 0 Å². The molecule has 2 aromatic carbocycles. The molecule has 1 aliphatic rings. The molecule has 2 N–H and O–H groups in total. The topological polar surface area (TPSA) is 92.2 Å². The van der Waals surface area contributed by atoms with Crippen LogP contribution in [0.1, 0.15) is 51.0 Å². The molecule has 3 heterocycles. The van der Waals surface area contributed by atoms with Crippen LogP contribution < -0.4 is 5.32 Å². The molecule has 1 fully saturated rings. The van der Waals surface area contributed by atoms with E-state index < -0.39 is 17.7 Å². The van der Waals surface area contributed by atoms with Crippen molar-refractivity contribution in [2.75, 3.05) is 6.54 Å². The van der Waals surface area contributed by atoms with E-state index >= 15 is 0 Å². The second kappa shape index (κ2) is 9.33. The molecular formula is C28H33N5O3. The van der Waals surface area contributed by atoms with Gasteiger partial charge >= 0.3 is 6.09 Å². The first-order valence-electron chi connectivity index (χ1n) is 12.5. The van der Waals surface area contributed by atoms with Crippen molar-refractivity contribution in [2.45, 2.75) is 57.7 Å². The third-order valence-electron chi connectivity index (χ3n) is 6.65. The number of ether oxygens (including phenoxy) is 1. The van der Waals surface area contributed by atoms with Crippen LogP contribution in [0.25, 0.3) is 21.9 Å². The number of para-hydroxylation sites is 3. The van der Waals surface area contributed by atoms with Crippen molar-refractivity contribution in [1.29, 1.82) is 0 Å². The van der Waals surface area contributed by atoms with Gasteiger partial charge in [-0.25, -0.2) is 9.78 Å². The van der Waals surface area contributed by atoms with E-state index in [9.17, 15) is 9.59 Å².